The van der Waals surface area contributed by atoms with E-state index < -0.39 is 0 Å². The number of carbonyl (C=O) groups excluding carboxylic acids is 2. The second-order valence-corrected chi connectivity index (χ2v) is 11.6. The van der Waals surface area contributed by atoms with Crippen LogP contribution in [0.2, 0.25) is 0 Å². The first kappa shape index (κ1) is 26.1. The molecule has 0 saturated carbocycles. The van der Waals surface area contributed by atoms with Crippen LogP contribution in [-0.4, -0.2) is 86.3 Å². The third-order valence-corrected chi connectivity index (χ3v) is 8.54. The number of hydrogen-bond acceptors (Lipinski definition) is 8. The maximum absolute atomic E-state index is 12.6. The zero-order chi connectivity index (χ0) is 26.8. The van der Waals surface area contributed by atoms with Crippen LogP contribution < -0.4 is 9.80 Å². The predicted octanol–water partition coefficient (Wildman–Crippen LogP) is 4.08. The molecule has 2 aromatic carbocycles. The molecule has 0 radical (unpaired) electrons. The summed E-state index contributed by atoms with van der Waals surface area (Å²) in [6.07, 6.45) is 3.80. The van der Waals surface area contributed by atoms with Crippen LogP contribution in [0.4, 0.5) is 11.4 Å². The van der Waals surface area contributed by atoms with Crippen molar-refractivity contribution in [3.05, 3.63) is 69.5 Å². The molecule has 0 unspecified atom stereocenters. The van der Waals surface area contributed by atoms with Crippen LogP contribution in [0.5, 0.6) is 0 Å². The van der Waals surface area contributed by atoms with Crippen LogP contribution in [0.25, 0.3) is 12.2 Å². The lowest BCUT2D eigenvalue weighted by atomic mass is 10.2. The van der Waals surface area contributed by atoms with Gasteiger partial charge >= 0.3 is 0 Å². The Morgan fingerprint density at radius 3 is 1.29 bits per heavy atom. The second kappa shape index (κ2) is 11.1. The summed E-state index contributed by atoms with van der Waals surface area (Å²) in [6, 6.07) is 16.2. The highest BCUT2D eigenvalue weighted by molar-refractivity contribution is 8.18. The van der Waals surface area contributed by atoms with E-state index in [0.29, 0.717) is 36.0 Å². The summed E-state index contributed by atoms with van der Waals surface area (Å²) in [5.41, 5.74) is 4.18. The van der Waals surface area contributed by atoms with Crippen LogP contribution in [0.1, 0.15) is 11.1 Å². The first-order valence-corrected chi connectivity index (χ1v) is 14.0. The highest BCUT2D eigenvalue weighted by atomic mass is 32.2. The van der Waals surface area contributed by atoms with Crippen molar-refractivity contribution in [3.63, 3.8) is 0 Å². The van der Waals surface area contributed by atoms with E-state index in [1.807, 2.05) is 98.7 Å². The second-order valence-electron chi connectivity index (χ2n) is 9.57. The average molecular weight is 547 g/mol. The van der Waals surface area contributed by atoms with Crippen molar-refractivity contribution in [2.24, 2.45) is 9.98 Å². The lowest BCUT2D eigenvalue weighted by Crippen LogP contribution is -2.49. The molecule has 3 heterocycles. The standard InChI is InChI=1S/C28H30N6O2S2/c1-31(2)21-9-5-19(6-10-21)17-23-25(35)29-27(37-23)33-13-15-34(16-14-33)28-30-26(36)24(38-28)18-20-7-11-22(12-8-20)32(3)4/h5-12,17-18H,13-16H2,1-4H3. The fraction of sp³-hybridized carbons (Fsp3) is 0.286. The fourth-order valence-electron chi connectivity index (χ4n) is 4.20. The molecule has 196 valence electrons. The SMILES string of the molecule is CN(C)c1ccc(C=C2SC(N3CCN(C4=NC(=O)C(=Cc5ccc(N(C)C)cc5)S4)CC3)=NC2=O)cc1. The van der Waals surface area contributed by atoms with E-state index in [1.165, 1.54) is 23.5 Å². The number of nitrogens with zero attached hydrogens (tertiary/aromatic N) is 6. The summed E-state index contributed by atoms with van der Waals surface area (Å²) in [5.74, 6) is -0.391. The molecule has 0 atom stereocenters. The van der Waals surface area contributed by atoms with E-state index in [4.69, 9.17) is 0 Å². The van der Waals surface area contributed by atoms with Crippen molar-refractivity contribution in [2.75, 3.05) is 64.2 Å². The number of aliphatic imine (C=N–C) groups is 2. The topological polar surface area (TPSA) is 71.8 Å². The summed E-state index contributed by atoms with van der Waals surface area (Å²) in [5, 5.41) is 1.48. The van der Waals surface area contributed by atoms with E-state index in [0.717, 1.165) is 32.8 Å². The number of amidine groups is 2. The van der Waals surface area contributed by atoms with Gasteiger partial charge in [-0.3, -0.25) is 9.59 Å². The van der Waals surface area contributed by atoms with Crippen LogP contribution in [0.3, 0.4) is 0 Å². The molecule has 1 saturated heterocycles. The van der Waals surface area contributed by atoms with E-state index >= 15 is 0 Å². The van der Waals surface area contributed by atoms with Crippen molar-refractivity contribution in [3.8, 4) is 0 Å². The lowest BCUT2D eigenvalue weighted by molar-refractivity contribution is -0.114. The molecule has 3 aliphatic heterocycles. The van der Waals surface area contributed by atoms with E-state index in [9.17, 15) is 9.59 Å². The van der Waals surface area contributed by atoms with Crippen molar-refractivity contribution in [2.45, 2.75) is 0 Å². The molecule has 1 fully saturated rings. The number of hydrogen-bond donors (Lipinski definition) is 0. The van der Waals surface area contributed by atoms with Gasteiger partial charge in [-0.05, 0) is 71.1 Å². The predicted molar refractivity (Wildman–Crippen MR) is 161 cm³/mol. The summed E-state index contributed by atoms with van der Waals surface area (Å²) in [6.45, 7) is 2.84. The number of thioether (sulfide) groups is 2. The summed E-state index contributed by atoms with van der Waals surface area (Å²) >= 11 is 2.85. The number of amides is 2. The number of rotatable bonds is 4. The Balaban J connectivity index is 1.16. The monoisotopic (exact) mass is 546 g/mol. The number of piperazine rings is 1. The zero-order valence-electron chi connectivity index (χ0n) is 21.9. The smallest absolute Gasteiger partial charge is 0.286 e. The van der Waals surface area contributed by atoms with Crippen LogP contribution >= 0.6 is 23.5 Å². The summed E-state index contributed by atoms with van der Waals surface area (Å²) < 4.78 is 0. The molecule has 0 spiro atoms. The summed E-state index contributed by atoms with van der Waals surface area (Å²) in [4.78, 5) is 43.4. The Kier molecular flexibility index (Phi) is 7.62. The minimum absolute atomic E-state index is 0.196. The van der Waals surface area contributed by atoms with E-state index in [-0.39, 0.29) is 11.8 Å². The van der Waals surface area contributed by atoms with E-state index in [1.54, 1.807) is 0 Å². The van der Waals surface area contributed by atoms with Crippen molar-refractivity contribution < 1.29 is 9.59 Å². The maximum Gasteiger partial charge on any atom is 0.286 e. The minimum atomic E-state index is -0.196. The van der Waals surface area contributed by atoms with Gasteiger partial charge in [0.05, 0.1) is 9.81 Å². The highest BCUT2D eigenvalue weighted by Crippen LogP contribution is 2.33. The number of anilines is 2. The summed E-state index contributed by atoms with van der Waals surface area (Å²) in [7, 11) is 8.00. The Bertz CT molecular complexity index is 1250. The molecular weight excluding hydrogens is 516 g/mol. The van der Waals surface area contributed by atoms with Gasteiger partial charge in [-0.2, -0.15) is 9.98 Å². The molecule has 0 aliphatic carbocycles. The largest absolute Gasteiger partial charge is 0.378 e. The Labute approximate surface area is 231 Å². The van der Waals surface area contributed by atoms with Crippen LogP contribution in [0.15, 0.2) is 68.3 Å². The fourth-order valence-corrected chi connectivity index (χ4v) is 6.13. The van der Waals surface area contributed by atoms with Crippen molar-refractivity contribution >= 4 is 69.2 Å². The molecule has 3 aliphatic rings. The molecule has 0 N–H and O–H groups in total. The molecule has 0 aromatic heterocycles. The number of carbonyl (C=O) groups is 2. The van der Waals surface area contributed by atoms with Gasteiger partial charge in [-0.1, -0.05) is 24.3 Å². The minimum Gasteiger partial charge on any atom is -0.378 e. The van der Waals surface area contributed by atoms with Gasteiger partial charge in [0.2, 0.25) is 0 Å². The molecular formula is C28H30N6O2S2. The normalized spacial score (nSPS) is 19.9. The molecule has 8 nitrogen and oxygen atoms in total. The molecule has 38 heavy (non-hydrogen) atoms. The molecule has 0 bridgehead atoms. The molecule has 5 rings (SSSR count). The van der Waals surface area contributed by atoms with Crippen molar-refractivity contribution in [1.29, 1.82) is 0 Å². The van der Waals surface area contributed by atoms with Crippen LogP contribution in [-0.2, 0) is 9.59 Å². The quantitative estimate of drug-likeness (QED) is 0.532. The first-order chi connectivity index (χ1) is 18.3. The Hall–Kier alpha value is -3.50. The first-order valence-electron chi connectivity index (χ1n) is 12.4. The number of benzene rings is 2. The third-order valence-electron chi connectivity index (χ3n) is 6.45. The Morgan fingerprint density at radius 2 is 0.974 bits per heavy atom. The lowest BCUT2D eigenvalue weighted by Gasteiger charge is -2.35. The van der Waals surface area contributed by atoms with Crippen LogP contribution in [0, 0.1) is 0 Å². The zero-order valence-corrected chi connectivity index (χ0v) is 23.6. The van der Waals surface area contributed by atoms with Gasteiger partial charge in [0, 0.05) is 65.7 Å². The van der Waals surface area contributed by atoms with Gasteiger partial charge in [-0.15, -0.1) is 0 Å². The van der Waals surface area contributed by atoms with Gasteiger partial charge in [-0.25, -0.2) is 0 Å². The van der Waals surface area contributed by atoms with Gasteiger partial charge in [0.15, 0.2) is 10.3 Å². The van der Waals surface area contributed by atoms with Gasteiger partial charge < -0.3 is 19.6 Å². The molecule has 2 aromatic rings. The average Bonchev–Trinajstić information content (AvgIpc) is 3.46. The van der Waals surface area contributed by atoms with E-state index in [2.05, 4.69) is 19.8 Å². The van der Waals surface area contributed by atoms with Gasteiger partial charge in [0.25, 0.3) is 11.8 Å². The molecule has 10 heteroatoms. The van der Waals surface area contributed by atoms with Gasteiger partial charge in [0.1, 0.15) is 0 Å². The third kappa shape index (κ3) is 5.81. The Morgan fingerprint density at radius 1 is 0.632 bits per heavy atom. The highest BCUT2D eigenvalue weighted by Gasteiger charge is 2.32. The molecule has 2 amide bonds. The maximum atomic E-state index is 12.6. The van der Waals surface area contributed by atoms with Crippen molar-refractivity contribution in [1.82, 2.24) is 9.80 Å².